The third-order valence-corrected chi connectivity index (χ3v) is 11.3. The minimum atomic E-state index is -4.38. The number of likely N-dealkylation sites (N-methyl/N-ethyl adjacent to an activating group) is 1. The molecule has 0 N–H and O–H groups in total. The fourth-order valence-corrected chi connectivity index (χ4v) is 8.22. The summed E-state index contributed by atoms with van der Waals surface area (Å²) in [5.74, 6) is 1.00. The minimum absolute atomic E-state index is 0.195. The summed E-state index contributed by atoms with van der Waals surface area (Å²) in [5.41, 5.74) is 6.05. The first kappa shape index (κ1) is 37.1. The Bertz CT molecular complexity index is 2060. The molecule has 2 aliphatic rings. The van der Waals surface area contributed by atoms with E-state index in [1.165, 1.54) is 55.3 Å². The fraction of sp³-hybridized carbons (Fsp3) is 0.390. The van der Waals surface area contributed by atoms with Gasteiger partial charge in [0.25, 0.3) is 5.56 Å². The molecule has 3 aromatic carbocycles. The predicted octanol–water partition coefficient (Wildman–Crippen LogP) is 8.39. The second-order valence-corrected chi connectivity index (χ2v) is 15.0. The quantitative estimate of drug-likeness (QED) is 0.0682. The number of fused-ring (bicyclic) bond motifs is 1. The first-order valence-electron chi connectivity index (χ1n) is 18.2. The highest BCUT2D eigenvalue weighted by atomic mass is 32.2. The summed E-state index contributed by atoms with van der Waals surface area (Å²) >= 11 is 1.45. The summed E-state index contributed by atoms with van der Waals surface area (Å²) in [5, 5.41) is 5.23. The van der Waals surface area contributed by atoms with Gasteiger partial charge in [-0.15, -0.1) is 0 Å². The topological polar surface area (TPSA) is 67.4 Å². The Morgan fingerprint density at radius 3 is 2.25 bits per heavy atom. The third kappa shape index (κ3) is 9.10. The molecule has 0 amide bonds. The van der Waals surface area contributed by atoms with E-state index in [0.717, 1.165) is 96.1 Å². The largest absolute Gasteiger partial charge is 0.416 e. The first-order valence-corrected chi connectivity index (χ1v) is 19.2. The van der Waals surface area contributed by atoms with Crippen LogP contribution < -0.4 is 5.56 Å². The lowest BCUT2D eigenvalue weighted by Gasteiger charge is -2.28. The van der Waals surface area contributed by atoms with Crippen LogP contribution in [0.1, 0.15) is 70.6 Å². The number of aromatic nitrogens is 3. The van der Waals surface area contributed by atoms with Gasteiger partial charge in [-0.2, -0.15) is 18.2 Å². The fourth-order valence-electron chi connectivity index (χ4n) is 7.26. The number of nitrogens with zero attached hydrogens (tertiary/aromatic N) is 5. The highest BCUT2D eigenvalue weighted by Crippen LogP contribution is 2.32. The molecule has 0 unspecified atom stereocenters. The average Bonchev–Trinajstić information content (AvgIpc) is 3.80. The van der Waals surface area contributed by atoms with E-state index in [0.29, 0.717) is 42.4 Å². The van der Waals surface area contributed by atoms with Gasteiger partial charge >= 0.3 is 6.18 Å². The first-order chi connectivity index (χ1) is 25.6. The lowest BCUT2D eigenvalue weighted by Crippen LogP contribution is -2.36. The summed E-state index contributed by atoms with van der Waals surface area (Å²) in [4.78, 5) is 22.4. The Balaban J connectivity index is 1.17. The zero-order chi connectivity index (χ0) is 37.0. The van der Waals surface area contributed by atoms with Crippen molar-refractivity contribution in [3.63, 3.8) is 0 Å². The molecule has 7 rings (SSSR count). The van der Waals surface area contributed by atoms with Crippen molar-refractivity contribution in [3.05, 3.63) is 134 Å². The summed E-state index contributed by atoms with van der Waals surface area (Å²) in [6.45, 7) is 5.09. The maximum atomic E-state index is 13.6. The molecule has 0 atom stereocenters. The number of alkyl halides is 3. The lowest BCUT2D eigenvalue weighted by molar-refractivity contribution is -0.137. The molecule has 1 fully saturated rings. The van der Waals surface area contributed by atoms with Crippen molar-refractivity contribution in [3.8, 4) is 11.1 Å². The van der Waals surface area contributed by atoms with Gasteiger partial charge in [0.05, 0.1) is 18.7 Å². The van der Waals surface area contributed by atoms with Crippen molar-refractivity contribution in [2.75, 3.05) is 33.2 Å². The number of likely N-dealkylation sites (tertiary alicyclic amines) is 1. The summed E-state index contributed by atoms with van der Waals surface area (Å²) in [7, 11) is 2.09. The van der Waals surface area contributed by atoms with E-state index in [-0.39, 0.29) is 11.4 Å². The molecule has 1 aliphatic heterocycles. The van der Waals surface area contributed by atoms with Gasteiger partial charge in [-0.3, -0.25) is 9.69 Å². The molecule has 1 saturated heterocycles. The Hall–Kier alpha value is -4.26. The van der Waals surface area contributed by atoms with Crippen molar-refractivity contribution < 1.29 is 22.1 Å². The number of halogens is 4. The van der Waals surface area contributed by atoms with Crippen LogP contribution in [0.5, 0.6) is 0 Å². The van der Waals surface area contributed by atoms with E-state index in [4.69, 9.17) is 4.52 Å². The van der Waals surface area contributed by atoms with Gasteiger partial charge in [0, 0.05) is 42.1 Å². The molecule has 3 heterocycles. The van der Waals surface area contributed by atoms with Crippen LogP contribution in [-0.2, 0) is 44.3 Å². The van der Waals surface area contributed by atoms with E-state index >= 15 is 0 Å². The van der Waals surface area contributed by atoms with E-state index < -0.39 is 11.7 Å². The van der Waals surface area contributed by atoms with E-state index in [1.807, 2.05) is 24.3 Å². The number of piperidine rings is 1. The van der Waals surface area contributed by atoms with E-state index in [1.54, 1.807) is 12.1 Å². The molecular formula is C41H43F4N5O2S. The summed E-state index contributed by atoms with van der Waals surface area (Å²) in [6, 6.07) is 19.4. The zero-order valence-corrected chi connectivity index (χ0v) is 30.6. The van der Waals surface area contributed by atoms with Crippen molar-refractivity contribution in [2.45, 2.75) is 75.1 Å². The number of hydrogen-bond donors (Lipinski definition) is 0. The second kappa shape index (κ2) is 16.4. The monoisotopic (exact) mass is 745 g/mol. The standard InChI is InChI=1S/C41H43F4N5O2S/c1-48(22-23-49-20-3-2-4-21-49)26-38-35(24-28-8-12-30(13-9-28)31-14-16-32(17-15-31)41(43,44)45)36(47-52-38)25-50-37-7-5-6-34(37)39(51)46-40(50)53-27-29-10-18-33(42)19-11-29/h8-19H,2-7,20-27H2,1H3. The van der Waals surface area contributed by atoms with Gasteiger partial charge in [0.1, 0.15) is 11.5 Å². The second-order valence-electron chi connectivity index (χ2n) is 14.1. The highest BCUT2D eigenvalue weighted by molar-refractivity contribution is 7.98. The summed E-state index contributed by atoms with van der Waals surface area (Å²) in [6.07, 6.45) is 2.26. The molecule has 0 spiro atoms. The molecule has 12 heteroatoms. The van der Waals surface area contributed by atoms with Gasteiger partial charge in [0.15, 0.2) is 10.9 Å². The molecule has 2 aromatic heterocycles. The molecule has 5 aromatic rings. The molecule has 7 nitrogen and oxygen atoms in total. The Labute approximate surface area is 311 Å². The number of rotatable bonds is 13. The van der Waals surface area contributed by atoms with Crippen LogP contribution >= 0.6 is 11.8 Å². The van der Waals surface area contributed by atoms with Crippen LogP contribution in [0.4, 0.5) is 17.6 Å². The number of hydrogen-bond acceptors (Lipinski definition) is 7. The smallest absolute Gasteiger partial charge is 0.359 e. The van der Waals surface area contributed by atoms with E-state index in [2.05, 4.69) is 31.6 Å². The molecule has 0 saturated carbocycles. The molecular weight excluding hydrogens is 703 g/mol. The SMILES string of the molecule is CN(CCN1CCCCC1)Cc1onc(Cn2c(SCc3ccc(F)cc3)nc(=O)c3c2CCC3)c1Cc1ccc(-c2ccc(C(F)(F)F)cc2)cc1. The van der Waals surface area contributed by atoms with Gasteiger partial charge in [-0.1, -0.05) is 71.9 Å². The molecule has 1 aliphatic carbocycles. The predicted molar refractivity (Wildman–Crippen MR) is 198 cm³/mol. The van der Waals surface area contributed by atoms with Crippen molar-refractivity contribution in [2.24, 2.45) is 0 Å². The lowest BCUT2D eigenvalue weighted by atomic mass is 9.98. The summed E-state index contributed by atoms with van der Waals surface area (Å²) < 4.78 is 61.2. The van der Waals surface area contributed by atoms with Gasteiger partial charge in [-0.25, -0.2) is 4.39 Å². The molecule has 0 radical (unpaired) electrons. The number of benzene rings is 3. The van der Waals surface area contributed by atoms with Crippen LogP contribution in [-0.4, -0.2) is 57.7 Å². The van der Waals surface area contributed by atoms with Gasteiger partial charge in [0.2, 0.25) is 0 Å². The molecule has 0 bridgehead atoms. The maximum absolute atomic E-state index is 13.6. The Kier molecular flexibility index (Phi) is 11.5. The third-order valence-electron chi connectivity index (χ3n) is 10.3. The Morgan fingerprint density at radius 2 is 1.55 bits per heavy atom. The van der Waals surface area contributed by atoms with Crippen molar-refractivity contribution >= 4 is 11.8 Å². The highest BCUT2D eigenvalue weighted by Gasteiger charge is 2.30. The van der Waals surface area contributed by atoms with Crippen LogP contribution in [0.2, 0.25) is 0 Å². The van der Waals surface area contributed by atoms with Gasteiger partial charge < -0.3 is 14.0 Å². The number of thioether (sulfide) groups is 1. The van der Waals surface area contributed by atoms with Crippen LogP contribution in [0.3, 0.4) is 0 Å². The normalized spacial score (nSPS) is 15.0. The van der Waals surface area contributed by atoms with Gasteiger partial charge in [-0.05, 0) is 98.8 Å². The van der Waals surface area contributed by atoms with Crippen LogP contribution in [0, 0.1) is 5.82 Å². The van der Waals surface area contributed by atoms with Crippen molar-refractivity contribution in [1.29, 1.82) is 0 Å². The van der Waals surface area contributed by atoms with Crippen molar-refractivity contribution in [1.82, 2.24) is 24.5 Å². The maximum Gasteiger partial charge on any atom is 0.416 e. The average molecular weight is 746 g/mol. The van der Waals surface area contributed by atoms with Crippen LogP contribution in [0.15, 0.2) is 87.3 Å². The minimum Gasteiger partial charge on any atom is -0.359 e. The Morgan fingerprint density at radius 1 is 0.868 bits per heavy atom. The molecule has 278 valence electrons. The molecule has 53 heavy (non-hydrogen) atoms. The van der Waals surface area contributed by atoms with Crippen LogP contribution in [0.25, 0.3) is 11.1 Å². The van der Waals surface area contributed by atoms with E-state index in [9.17, 15) is 22.4 Å². The zero-order valence-electron chi connectivity index (χ0n) is 29.8.